The molecule has 3 fully saturated rings. The van der Waals surface area contributed by atoms with Gasteiger partial charge < -0.3 is 34.0 Å². The van der Waals surface area contributed by atoms with Crippen LogP contribution in [0.4, 0.5) is 5.69 Å². The summed E-state index contributed by atoms with van der Waals surface area (Å²) in [5.41, 5.74) is 5.50. The Labute approximate surface area is 342 Å². The highest BCUT2D eigenvalue weighted by Gasteiger charge is 2.34. The number of hydrogen-bond donors (Lipinski definition) is 1. The number of piperazine rings is 1. The number of carbonyl (C=O) groups excluding carboxylic acids is 3. The van der Waals surface area contributed by atoms with Crippen molar-refractivity contribution in [2.24, 2.45) is 14.1 Å². The summed E-state index contributed by atoms with van der Waals surface area (Å²) in [6, 6.07) is 11.1. The normalized spacial score (nSPS) is 17.1. The number of methoxy groups -OCH3 is 2. The molecule has 0 radical (unpaired) electrons. The van der Waals surface area contributed by atoms with Gasteiger partial charge in [-0.2, -0.15) is 0 Å². The number of pyridine rings is 2. The molecule has 2 aromatic carbocycles. The number of para-hydroxylation sites is 1. The molecule has 1 N–H and O–H groups in total. The minimum absolute atomic E-state index is 0.0816. The van der Waals surface area contributed by atoms with Crippen LogP contribution in [0.3, 0.4) is 0 Å². The molecule has 5 aromatic rings. The number of ether oxygens (including phenoxy) is 2. The summed E-state index contributed by atoms with van der Waals surface area (Å²) in [6.45, 7) is 3.42. The Hall–Kier alpha value is -5.96. The van der Waals surface area contributed by atoms with Gasteiger partial charge >= 0.3 is 5.69 Å². The monoisotopic (exact) mass is 804 g/mol. The van der Waals surface area contributed by atoms with E-state index in [0.29, 0.717) is 61.0 Å². The van der Waals surface area contributed by atoms with Gasteiger partial charge in [0.25, 0.3) is 5.56 Å². The maximum absolute atomic E-state index is 13.8. The second-order valence-corrected chi connectivity index (χ2v) is 16.0. The second kappa shape index (κ2) is 16.4. The molecule has 15 heteroatoms. The number of fused-ring (bicyclic) bond motifs is 2. The Bertz CT molecular complexity index is 2540. The summed E-state index contributed by atoms with van der Waals surface area (Å²) in [5, 5.41) is 4.07. The lowest BCUT2D eigenvalue weighted by Crippen LogP contribution is -2.56. The number of nitrogens with zero attached hydrogens (tertiary/aromatic N) is 7. The fourth-order valence-corrected chi connectivity index (χ4v) is 9.15. The minimum Gasteiger partial charge on any atom is -0.496 e. The Morgan fingerprint density at radius 1 is 0.966 bits per heavy atom. The van der Waals surface area contributed by atoms with Crippen molar-refractivity contribution in [2.75, 3.05) is 58.9 Å². The SMILES string of the molecule is CNC(=O)C(CCC=O)n1c(=O)n(C)c2c(N3CCC(N4CCN(Cc5c(OC)cc(-c6cn(C)c(=O)c7cnc(C8CC8)cc67)cc5OC)CC4=O)CC3)cccc21. The number of amides is 2. The van der Waals surface area contributed by atoms with Crippen LogP contribution in [0.25, 0.3) is 32.9 Å². The summed E-state index contributed by atoms with van der Waals surface area (Å²) in [4.78, 5) is 75.6. The van der Waals surface area contributed by atoms with Crippen LogP contribution in [0.15, 0.2) is 58.4 Å². The summed E-state index contributed by atoms with van der Waals surface area (Å²) < 4.78 is 16.6. The average Bonchev–Trinajstić information content (AvgIpc) is 4.08. The molecule has 8 rings (SSSR count). The van der Waals surface area contributed by atoms with Crippen molar-refractivity contribution < 1.29 is 23.9 Å². The smallest absolute Gasteiger partial charge is 0.329 e. The first-order valence-electron chi connectivity index (χ1n) is 20.4. The lowest BCUT2D eigenvalue weighted by atomic mass is 9.97. The molecular weight excluding hydrogens is 753 g/mol. The molecule has 0 spiro atoms. The highest BCUT2D eigenvalue weighted by Crippen LogP contribution is 2.42. The second-order valence-electron chi connectivity index (χ2n) is 16.0. The number of aryl methyl sites for hydroxylation is 2. The maximum Gasteiger partial charge on any atom is 0.329 e. The highest BCUT2D eigenvalue weighted by atomic mass is 16.5. The van der Waals surface area contributed by atoms with Gasteiger partial charge in [-0.05, 0) is 73.4 Å². The van der Waals surface area contributed by atoms with Gasteiger partial charge in [-0.25, -0.2) is 4.79 Å². The largest absolute Gasteiger partial charge is 0.496 e. The van der Waals surface area contributed by atoms with Gasteiger partial charge in [0.2, 0.25) is 11.8 Å². The molecule has 1 saturated carbocycles. The van der Waals surface area contributed by atoms with E-state index in [9.17, 15) is 24.0 Å². The predicted octanol–water partition coefficient (Wildman–Crippen LogP) is 3.73. The third-order valence-corrected chi connectivity index (χ3v) is 12.5. The molecule has 2 amide bonds. The summed E-state index contributed by atoms with van der Waals surface area (Å²) in [5.74, 6) is 1.49. The topological polar surface area (TPSA) is 153 Å². The number of aromatic nitrogens is 4. The van der Waals surface area contributed by atoms with Gasteiger partial charge in [-0.15, -0.1) is 0 Å². The van der Waals surface area contributed by atoms with E-state index in [1.807, 2.05) is 41.4 Å². The summed E-state index contributed by atoms with van der Waals surface area (Å²) in [6.07, 6.45) is 8.48. The zero-order chi connectivity index (χ0) is 41.5. The fraction of sp³-hybridized carbons (Fsp3) is 0.455. The number of likely N-dealkylation sites (N-methyl/N-ethyl adjacent to an activating group) is 1. The van der Waals surface area contributed by atoms with E-state index in [0.717, 1.165) is 70.9 Å². The number of piperidine rings is 1. The Balaban J connectivity index is 0.965. The molecule has 5 heterocycles. The average molecular weight is 805 g/mol. The predicted molar refractivity (Wildman–Crippen MR) is 225 cm³/mol. The van der Waals surface area contributed by atoms with Crippen LogP contribution in [0.1, 0.15) is 61.7 Å². The van der Waals surface area contributed by atoms with Crippen LogP contribution < -0.4 is 30.9 Å². The molecular formula is C44H52N8O7. The number of anilines is 1. The van der Waals surface area contributed by atoms with Crippen molar-refractivity contribution in [3.63, 3.8) is 0 Å². The zero-order valence-electron chi connectivity index (χ0n) is 34.4. The van der Waals surface area contributed by atoms with Crippen molar-refractivity contribution in [1.82, 2.24) is 33.8 Å². The third-order valence-electron chi connectivity index (χ3n) is 12.5. The van der Waals surface area contributed by atoms with E-state index in [-0.39, 0.29) is 48.5 Å². The standard InChI is InChI=1S/C44H52N8O7/c1-45-42(55)37(10-7-19-53)52-36-9-6-8-35(41(36)48(3)44(52)57)50-15-13-29(14-16-50)51-18-17-49(26-40(51)54)25-33-38(58-4)20-28(21-39(33)59-5)32-24-47(2)43(56)31-23-46-34(22-30(31)32)27-11-12-27/h6,8-9,19-24,27,29,37H,7,10-18,25-26H2,1-5H3,(H,45,55). The van der Waals surface area contributed by atoms with Crippen molar-refractivity contribution >= 4 is 45.6 Å². The fourth-order valence-electron chi connectivity index (χ4n) is 9.15. The lowest BCUT2D eigenvalue weighted by molar-refractivity contribution is -0.139. The molecule has 3 aliphatic rings. The van der Waals surface area contributed by atoms with Gasteiger partial charge in [0.1, 0.15) is 23.8 Å². The number of hydrogen-bond acceptors (Lipinski definition) is 10. The molecule has 1 unspecified atom stereocenters. The van der Waals surface area contributed by atoms with E-state index in [1.165, 1.54) is 11.6 Å². The number of aldehydes is 1. The van der Waals surface area contributed by atoms with Crippen LogP contribution >= 0.6 is 0 Å². The number of benzene rings is 2. The molecule has 59 heavy (non-hydrogen) atoms. The van der Waals surface area contributed by atoms with Crippen molar-refractivity contribution in [3.8, 4) is 22.6 Å². The summed E-state index contributed by atoms with van der Waals surface area (Å²) in [7, 11) is 8.27. The number of rotatable bonds is 13. The van der Waals surface area contributed by atoms with Gasteiger partial charge in [-0.3, -0.25) is 33.4 Å². The van der Waals surface area contributed by atoms with Crippen LogP contribution in [-0.2, 0) is 35.0 Å². The molecule has 15 nitrogen and oxygen atoms in total. The first-order chi connectivity index (χ1) is 28.6. The van der Waals surface area contributed by atoms with Gasteiger partial charge in [-0.1, -0.05) is 6.07 Å². The Kier molecular flexibility index (Phi) is 11.0. The van der Waals surface area contributed by atoms with Gasteiger partial charge in [0, 0.05) is 95.9 Å². The Morgan fingerprint density at radius 2 is 1.69 bits per heavy atom. The van der Waals surface area contributed by atoms with Gasteiger partial charge in [0.15, 0.2) is 0 Å². The number of carbonyl (C=O) groups is 3. The van der Waals surface area contributed by atoms with E-state index in [1.54, 1.807) is 43.6 Å². The lowest BCUT2D eigenvalue weighted by Gasteiger charge is -2.43. The zero-order valence-corrected chi connectivity index (χ0v) is 34.4. The van der Waals surface area contributed by atoms with Crippen molar-refractivity contribution in [3.05, 3.63) is 80.9 Å². The molecule has 0 bridgehead atoms. The summed E-state index contributed by atoms with van der Waals surface area (Å²) >= 11 is 0. The first kappa shape index (κ1) is 39.8. The molecule has 2 saturated heterocycles. The third kappa shape index (κ3) is 7.36. The van der Waals surface area contributed by atoms with E-state index in [4.69, 9.17) is 9.47 Å². The number of imidazole rings is 1. The van der Waals surface area contributed by atoms with Crippen LogP contribution in [-0.4, -0.2) is 107 Å². The quantitative estimate of drug-likeness (QED) is 0.174. The van der Waals surface area contributed by atoms with Crippen LogP contribution in [0.5, 0.6) is 11.5 Å². The van der Waals surface area contributed by atoms with E-state index >= 15 is 0 Å². The van der Waals surface area contributed by atoms with Crippen LogP contribution in [0, 0.1) is 0 Å². The molecule has 310 valence electrons. The molecule has 3 aromatic heterocycles. The highest BCUT2D eigenvalue weighted by molar-refractivity contribution is 5.96. The van der Waals surface area contributed by atoms with Crippen LogP contribution in [0.2, 0.25) is 0 Å². The molecule has 1 atom stereocenters. The minimum atomic E-state index is -0.806. The Morgan fingerprint density at radius 3 is 2.34 bits per heavy atom. The van der Waals surface area contributed by atoms with Crippen molar-refractivity contribution in [1.29, 1.82) is 0 Å². The number of nitrogens with one attached hydrogen (secondary N) is 1. The maximum atomic E-state index is 13.8. The first-order valence-corrected chi connectivity index (χ1v) is 20.4. The molecule has 1 aliphatic carbocycles. The molecule has 2 aliphatic heterocycles. The van der Waals surface area contributed by atoms with Crippen molar-refractivity contribution in [2.45, 2.75) is 63.1 Å². The van der Waals surface area contributed by atoms with E-state index in [2.05, 4.69) is 26.2 Å². The van der Waals surface area contributed by atoms with Gasteiger partial charge in [0.05, 0.1) is 48.4 Å². The van der Waals surface area contributed by atoms with E-state index < -0.39 is 6.04 Å².